The Morgan fingerprint density at radius 2 is 2.44 bits per heavy atom. The summed E-state index contributed by atoms with van der Waals surface area (Å²) >= 11 is 0. The van der Waals surface area contributed by atoms with Crippen LogP contribution in [0.2, 0.25) is 0 Å². The zero-order valence-corrected chi connectivity index (χ0v) is 5.70. The van der Waals surface area contributed by atoms with Crippen molar-refractivity contribution in [3.05, 3.63) is 11.1 Å². The van der Waals surface area contributed by atoms with E-state index in [2.05, 4.69) is 18.2 Å². The second-order valence-corrected chi connectivity index (χ2v) is 2.33. The molecule has 1 N–H and O–H groups in total. The van der Waals surface area contributed by atoms with Crippen molar-refractivity contribution in [3.63, 3.8) is 0 Å². The van der Waals surface area contributed by atoms with Gasteiger partial charge in [0.15, 0.2) is 0 Å². The molecule has 0 atom stereocenters. The molecule has 0 fully saturated rings. The van der Waals surface area contributed by atoms with Crippen LogP contribution in [0.1, 0.15) is 13.3 Å². The van der Waals surface area contributed by atoms with E-state index in [0.29, 0.717) is 0 Å². The summed E-state index contributed by atoms with van der Waals surface area (Å²) < 4.78 is 0. The Bertz CT molecular complexity index is 171. The van der Waals surface area contributed by atoms with Crippen molar-refractivity contribution in [2.45, 2.75) is 13.3 Å². The SMILES string of the molecule is C#CC1=C(C)CCNC1. The molecule has 1 rings (SSSR count). The fourth-order valence-corrected chi connectivity index (χ4v) is 0.965. The molecule has 0 unspecified atom stereocenters. The third kappa shape index (κ3) is 1.34. The molecule has 1 heteroatoms. The van der Waals surface area contributed by atoms with Crippen molar-refractivity contribution in [1.29, 1.82) is 0 Å². The minimum atomic E-state index is 0.891. The third-order valence-corrected chi connectivity index (χ3v) is 1.67. The molecule has 1 aliphatic rings. The molecule has 0 aromatic rings. The topological polar surface area (TPSA) is 12.0 Å². The molecule has 0 bridgehead atoms. The molecule has 0 amide bonds. The Labute approximate surface area is 56.1 Å². The van der Waals surface area contributed by atoms with Crippen LogP contribution in [-0.4, -0.2) is 13.1 Å². The standard InChI is InChI=1S/C8H11N/c1-3-8-6-9-5-4-7(8)2/h1,9H,4-6H2,2H3. The normalized spacial score (nSPS) is 19.6. The summed E-state index contributed by atoms with van der Waals surface area (Å²) in [5.41, 5.74) is 2.51. The molecule has 1 aliphatic heterocycles. The fourth-order valence-electron chi connectivity index (χ4n) is 0.965. The van der Waals surface area contributed by atoms with Gasteiger partial charge in [-0.25, -0.2) is 0 Å². The minimum absolute atomic E-state index is 0.891. The van der Waals surface area contributed by atoms with Gasteiger partial charge in [-0.2, -0.15) is 0 Å². The molecule has 48 valence electrons. The van der Waals surface area contributed by atoms with E-state index < -0.39 is 0 Å². The molecule has 0 radical (unpaired) electrons. The molecule has 0 saturated heterocycles. The highest BCUT2D eigenvalue weighted by molar-refractivity contribution is 5.33. The molecular weight excluding hydrogens is 110 g/mol. The number of hydrogen-bond acceptors (Lipinski definition) is 1. The van der Waals surface area contributed by atoms with Crippen LogP contribution in [0.4, 0.5) is 0 Å². The van der Waals surface area contributed by atoms with Gasteiger partial charge in [0.05, 0.1) is 0 Å². The van der Waals surface area contributed by atoms with Crippen LogP contribution in [0.5, 0.6) is 0 Å². The van der Waals surface area contributed by atoms with Crippen LogP contribution in [-0.2, 0) is 0 Å². The van der Waals surface area contributed by atoms with E-state index in [1.807, 2.05) is 0 Å². The van der Waals surface area contributed by atoms with E-state index in [-0.39, 0.29) is 0 Å². The largest absolute Gasteiger partial charge is 0.312 e. The van der Waals surface area contributed by atoms with Crippen molar-refractivity contribution in [2.75, 3.05) is 13.1 Å². The fraction of sp³-hybridized carbons (Fsp3) is 0.500. The van der Waals surface area contributed by atoms with Gasteiger partial charge in [-0.15, -0.1) is 6.42 Å². The highest BCUT2D eigenvalue weighted by Crippen LogP contribution is 2.09. The van der Waals surface area contributed by atoms with E-state index in [1.54, 1.807) is 0 Å². The first-order valence-electron chi connectivity index (χ1n) is 3.20. The van der Waals surface area contributed by atoms with Gasteiger partial charge in [-0.3, -0.25) is 0 Å². The summed E-state index contributed by atoms with van der Waals surface area (Å²) in [7, 11) is 0. The van der Waals surface area contributed by atoms with Crippen LogP contribution in [0.15, 0.2) is 11.1 Å². The summed E-state index contributed by atoms with van der Waals surface area (Å²) in [5, 5.41) is 3.22. The summed E-state index contributed by atoms with van der Waals surface area (Å²) in [4.78, 5) is 0. The lowest BCUT2D eigenvalue weighted by molar-refractivity contribution is 0.689. The van der Waals surface area contributed by atoms with Crippen molar-refractivity contribution < 1.29 is 0 Å². The van der Waals surface area contributed by atoms with Gasteiger partial charge in [0.25, 0.3) is 0 Å². The van der Waals surface area contributed by atoms with Crippen LogP contribution < -0.4 is 5.32 Å². The predicted molar refractivity (Wildman–Crippen MR) is 39.0 cm³/mol. The van der Waals surface area contributed by atoms with Gasteiger partial charge in [0, 0.05) is 12.1 Å². The first-order chi connectivity index (χ1) is 4.34. The van der Waals surface area contributed by atoms with Crippen molar-refractivity contribution in [3.8, 4) is 12.3 Å². The van der Waals surface area contributed by atoms with Gasteiger partial charge >= 0.3 is 0 Å². The average molecular weight is 121 g/mol. The monoisotopic (exact) mass is 121 g/mol. The highest BCUT2D eigenvalue weighted by atomic mass is 14.9. The van der Waals surface area contributed by atoms with Gasteiger partial charge in [0.2, 0.25) is 0 Å². The summed E-state index contributed by atoms with van der Waals surface area (Å²) in [5.74, 6) is 2.67. The van der Waals surface area contributed by atoms with Crippen LogP contribution >= 0.6 is 0 Å². The highest BCUT2D eigenvalue weighted by Gasteiger charge is 2.04. The molecule has 1 heterocycles. The third-order valence-electron chi connectivity index (χ3n) is 1.67. The molecule has 0 saturated carbocycles. The second-order valence-electron chi connectivity index (χ2n) is 2.33. The Morgan fingerprint density at radius 3 is 2.89 bits per heavy atom. The average Bonchev–Trinajstić information content (AvgIpc) is 1.89. The van der Waals surface area contributed by atoms with Gasteiger partial charge in [0.1, 0.15) is 0 Å². The maximum Gasteiger partial charge on any atom is 0.0284 e. The van der Waals surface area contributed by atoms with Gasteiger partial charge in [-0.1, -0.05) is 11.5 Å². The van der Waals surface area contributed by atoms with E-state index in [1.165, 1.54) is 5.57 Å². The summed E-state index contributed by atoms with van der Waals surface area (Å²) in [6.45, 7) is 4.08. The number of terminal acetylenes is 1. The van der Waals surface area contributed by atoms with Crippen molar-refractivity contribution in [1.82, 2.24) is 5.32 Å². The minimum Gasteiger partial charge on any atom is -0.312 e. The molecule has 9 heavy (non-hydrogen) atoms. The quantitative estimate of drug-likeness (QED) is 0.470. The molecule has 1 nitrogen and oxygen atoms in total. The molecule has 0 spiro atoms. The van der Waals surface area contributed by atoms with Gasteiger partial charge < -0.3 is 5.32 Å². The molecule has 0 aromatic carbocycles. The number of nitrogens with one attached hydrogen (secondary N) is 1. The zero-order chi connectivity index (χ0) is 6.69. The maximum atomic E-state index is 5.25. The second kappa shape index (κ2) is 2.70. The Hall–Kier alpha value is -0.740. The van der Waals surface area contributed by atoms with E-state index in [4.69, 9.17) is 6.42 Å². The van der Waals surface area contributed by atoms with E-state index in [9.17, 15) is 0 Å². The van der Waals surface area contributed by atoms with E-state index in [0.717, 1.165) is 25.1 Å². The van der Waals surface area contributed by atoms with Crippen molar-refractivity contribution in [2.24, 2.45) is 0 Å². The lowest BCUT2D eigenvalue weighted by atomic mass is 10.0. The summed E-state index contributed by atoms with van der Waals surface area (Å²) in [6.07, 6.45) is 6.36. The smallest absolute Gasteiger partial charge is 0.0284 e. The lowest BCUT2D eigenvalue weighted by Gasteiger charge is -2.13. The Kier molecular flexibility index (Phi) is 1.92. The van der Waals surface area contributed by atoms with E-state index >= 15 is 0 Å². The van der Waals surface area contributed by atoms with Gasteiger partial charge in [-0.05, 0) is 19.9 Å². The summed E-state index contributed by atoms with van der Waals surface area (Å²) in [6, 6.07) is 0. The zero-order valence-electron chi connectivity index (χ0n) is 5.70. The van der Waals surface area contributed by atoms with Crippen LogP contribution in [0.3, 0.4) is 0 Å². The molecule has 0 aliphatic carbocycles. The number of rotatable bonds is 0. The first-order valence-corrected chi connectivity index (χ1v) is 3.20. The van der Waals surface area contributed by atoms with Crippen LogP contribution in [0, 0.1) is 12.3 Å². The Morgan fingerprint density at radius 1 is 1.67 bits per heavy atom. The Balaban J connectivity index is 2.74. The number of hydrogen-bond donors (Lipinski definition) is 1. The maximum absolute atomic E-state index is 5.25. The first kappa shape index (κ1) is 6.38. The predicted octanol–water partition coefficient (Wildman–Crippen LogP) is 0.929. The van der Waals surface area contributed by atoms with Crippen molar-refractivity contribution >= 4 is 0 Å². The van der Waals surface area contributed by atoms with Crippen LogP contribution in [0.25, 0.3) is 0 Å². The molecular formula is C8H11N. The lowest BCUT2D eigenvalue weighted by Crippen LogP contribution is -2.23. The molecule has 0 aromatic heterocycles.